The summed E-state index contributed by atoms with van der Waals surface area (Å²) in [5.41, 5.74) is 1.34. The molecule has 1 N–H and O–H groups in total. The number of aryl methyl sites for hydroxylation is 1. The molecule has 0 radical (unpaired) electrons. The van der Waals surface area contributed by atoms with Crippen LogP contribution < -0.4 is 5.32 Å². The number of nitrogens with zero attached hydrogens (tertiary/aromatic N) is 2. The van der Waals surface area contributed by atoms with E-state index in [-0.39, 0.29) is 17.8 Å². The molecule has 1 aliphatic heterocycles. The van der Waals surface area contributed by atoms with Crippen LogP contribution in [0.2, 0.25) is 0 Å². The average Bonchev–Trinajstić information content (AvgIpc) is 2.77. The van der Waals surface area contributed by atoms with Crippen LogP contribution in [0.5, 0.6) is 0 Å². The van der Waals surface area contributed by atoms with Gasteiger partial charge >= 0.3 is 6.03 Å². The molecule has 2 rings (SSSR count). The van der Waals surface area contributed by atoms with E-state index in [4.69, 9.17) is 0 Å². The fourth-order valence-electron chi connectivity index (χ4n) is 2.32. The van der Waals surface area contributed by atoms with Crippen LogP contribution in [0.1, 0.15) is 25.3 Å². The number of nitro benzene ring substituents is 1. The van der Waals surface area contributed by atoms with Crippen molar-refractivity contribution < 1.29 is 9.72 Å². The number of nitrogens with one attached hydrogen (secondary N) is 1. The van der Waals surface area contributed by atoms with Gasteiger partial charge in [0.05, 0.1) is 4.92 Å². The van der Waals surface area contributed by atoms with Gasteiger partial charge in [-0.25, -0.2) is 4.79 Å². The highest BCUT2D eigenvalue weighted by molar-refractivity contribution is 5.90. The van der Waals surface area contributed by atoms with Crippen molar-refractivity contribution in [3.8, 4) is 0 Å². The minimum Gasteiger partial charge on any atom is -0.322 e. The largest absolute Gasteiger partial charge is 0.322 e. The Labute approximate surface area is 111 Å². The lowest BCUT2D eigenvalue weighted by atomic mass is 10.2. The van der Waals surface area contributed by atoms with E-state index in [2.05, 4.69) is 5.32 Å². The molecule has 0 aliphatic carbocycles. The molecule has 1 aliphatic rings. The minimum atomic E-state index is -0.443. The molecule has 6 nitrogen and oxygen atoms in total. The molecular weight excluding hydrogens is 246 g/mol. The number of rotatable bonds is 2. The van der Waals surface area contributed by atoms with Crippen LogP contribution >= 0.6 is 0 Å². The molecule has 1 aromatic carbocycles. The number of urea groups is 1. The van der Waals surface area contributed by atoms with Crippen molar-refractivity contribution in [2.75, 3.05) is 11.9 Å². The highest BCUT2D eigenvalue weighted by atomic mass is 16.6. The minimum absolute atomic E-state index is 0.0324. The molecule has 0 bridgehead atoms. The van der Waals surface area contributed by atoms with Crippen molar-refractivity contribution in [1.82, 2.24) is 4.90 Å². The second-order valence-corrected chi connectivity index (χ2v) is 4.87. The van der Waals surface area contributed by atoms with E-state index in [9.17, 15) is 14.9 Å². The number of amides is 2. The van der Waals surface area contributed by atoms with Gasteiger partial charge in [0.1, 0.15) is 0 Å². The zero-order chi connectivity index (χ0) is 14.0. The molecule has 0 aromatic heterocycles. The number of carbonyl (C=O) groups is 1. The van der Waals surface area contributed by atoms with E-state index in [1.54, 1.807) is 17.9 Å². The Morgan fingerprint density at radius 1 is 1.53 bits per heavy atom. The van der Waals surface area contributed by atoms with Gasteiger partial charge in [0.15, 0.2) is 0 Å². The molecule has 1 atom stereocenters. The summed E-state index contributed by atoms with van der Waals surface area (Å²) in [5, 5.41) is 13.5. The smallest absolute Gasteiger partial charge is 0.322 e. The Balaban J connectivity index is 2.11. The maximum absolute atomic E-state index is 12.1. The van der Waals surface area contributed by atoms with E-state index in [0.29, 0.717) is 11.3 Å². The lowest BCUT2D eigenvalue weighted by molar-refractivity contribution is -0.384. The first kappa shape index (κ1) is 13.3. The van der Waals surface area contributed by atoms with Gasteiger partial charge in [-0.15, -0.1) is 0 Å². The van der Waals surface area contributed by atoms with Gasteiger partial charge in [0.2, 0.25) is 0 Å². The number of likely N-dealkylation sites (tertiary alicyclic amines) is 1. The van der Waals surface area contributed by atoms with Crippen LogP contribution in [0.15, 0.2) is 18.2 Å². The quantitative estimate of drug-likeness (QED) is 0.658. The summed E-state index contributed by atoms with van der Waals surface area (Å²) in [4.78, 5) is 24.1. The normalized spacial score (nSPS) is 18.4. The van der Waals surface area contributed by atoms with Gasteiger partial charge in [-0.05, 0) is 38.3 Å². The molecule has 1 unspecified atom stereocenters. The molecular formula is C13H17N3O3. The van der Waals surface area contributed by atoms with Crippen molar-refractivity contribution in [2.24, 2.45) is 0 Å². The van der Waals surface area contributed by atoms with Crippen molar-refractivity contribution in [1.29, 1.82) is 0 Å². The van der Waals surface area contributed by atoms with Crippen molar-refractivity contribution in [3.63, 3.8) is 0 Å². The first-order valence-electron chi connectivity index (χ1n) is 6.31. The summed E-state index contributed by atoms with van der Waals surface area (Å²) in [6, 6.07) is 4.55. The second kappa shape index (κ2) is 5.26. The van der Waals surface area contributed by atoms with Crippen LogP contribution in [-0.4, -0.2) is 28.4 Å². The maximum Gasteiger partial charge on any atom is 0.322 e. The van der Waals surface area contributed by atoms with Gasteiger partial charge in [-0.2, -0.15) is 0 Å². The number of hydrogen-bond acceptors (Lipinski definition) is 3. The van der Waals surface area contributed by atoms with E-state index >= 15 is 0 Å². The Morgan fingerprint density at radius 3 is 2.79 bits per heavy atom. The van der Waals surface area contributed by atoms with Crippen LogP contribution in [0.3, 0.4) is 0 Å². The van der Waals surface area contributed by atoms with Crippen molar-refractivity contribution in [2.45, 2.75) is 32.7 Å². The third kappa shape index (κ3) is 2.83. The van der Waals surface area contributed by atoms with E-state index in [0.717, 1.165) is 19.4 Å². The monoisotopic (exact) mass is 263 g/mol. The van der Waals surface area contributed by atoms with Crippen molar-refractivity contribution >= 4 is 17.4 Å². The Morgan fingerprint density at radius 2 is 2.26 bits per heavy atom. The van der Waals surface area contributed by atoms with Gasteiger partial charge in [-0.3, -0.25) is 10.1 Å². The van der Waals surface area contributed by atoms with Gasteiger partial charge < -0.3 is 10.2 Å². The molecule has 1 fully saturated rings. The van der Waals surface area contributed by atoms with Crippen molar-refractivity contribution in [3.05, 3.63) is 33.9 Å². The first-order chi connectivity index (χ1) is 8.99. The summed E-state index contributed by atoms with van der Waals surface area (Å²) in [7, 11) is 0. The standard InChI is InChI=1S/C13H17N3O3/c1-9-8-11(16(18)19)5-6-12(9)14-13(17)15-7-3-4-10(15)2/h5-6,8,10H,3-4,7H2,1-2H3,(H,14,17). The number of anilines is 1. The Bertz CT molecular complexity index is 516. The molecule has 1 saturated heterocycles. The Hall–Kier alpha value is -2.11. The first-order valence-corrected chi connectivity index (χ1v) is 6.31. The van der Waals surface area contributed by atoms with Crippen LogP contribution in [0.4, 0.5) is 16.2 Å². The summed E-state index contributed by atoms with van der Waals surface area (Å²) in [6.07, 6.45) is 2.04. The lowest BCUT2D eigenvalue weighted by Gasteiger charge is -2.22. The SMILES string of the molecule is Cc1cc([N+](=O)[O-])ccc1NC(=O)N1CCCC1C. The molecule has 19 heavy (non-hydrogen) atoms. The topological polar surface area (TPSA) is 75.5 Å². The number of benzene rings is 1. The second-order valence-electron chi connectivity index (χ2n) is 4.87. The van der Waals surface area contributed by atoms with E-state index in [1.165, 1.54) is 12.1 Å². The molecule has 1 heterocycles. The number of carbonyl (C=O) groups excluding carboxylic acids is 1. The molecule has 1 aromatic rings. The highest BCUT2D eigenvalue weighted by Crippen LogP contribution is 2.23. The zero-order valence-electron chi connectivity index (χ0n) is 11.0. The lowest BCUT2D eigenvalue weighted by Crippen LogP contribution is -2.37. The average molecular weight is 263 g/mol. The predicted octanol–water partition coefficient (Wildman–Crippen LogP) is 2.92. The molecule has 6 heteroatoms. The predicted molar refractivity (Wildman–Crippen MR) is 72.3 cm³/mol. The molecule has 0 saturated carbocycles. The third-order valence-corrected chi connectivity index (χ3v) is 3.48. The van der Waals surface area contributed by atoms with Gasteiger partial charge in [0, 0.05) is 30.4 Å². The maximum atomic E-state index is 12.1. The fourth-order valence-corrected chi connectivity index (χ4v) is 2.32. The Kier molecular flexibility index (Phi) is 3.69. The van der Waals surface area contributed by atoms with Crippen LogP contribution in [0, 0.1) is 17.0 Å². The molecule has 2 amide bonds. The molecule has 102 valence electrons. The summed E-state index contributed by atoms with van der Waals surface area (Å²) in [6.45, 7) is 4.53. The number of hydrogen-bond donors (Lipinski definition) is 1. The zero-order valence-corrected chi connectivity index (χ0v) is 11.0. The van der Waals surface area contributed by atoms with Gasteiger partial charge in [-0.1, -0.05) is 0 Å². The molecule has 0 spiro atoms. The fraction of sp³-hybridized carbons (Fsp3) is 0.462. The van der Waals surface area contributed by atoms with Gasteiger partial charge in [0.25, 0.3) is 5.69 Å². The number of non-ortho nitro benzene ring substituents is 1. The van der Waals surface area contributed by atoms with E-state index < -0.39 is 4.92 Å². The van der Waals surface area contributed by atoms with Crippen LogP contribution in [0.25, 0.3) is 0 Å². The summed E-state index contributed by atoms with van der Waals surface area (Å²) < 4.78 is 0. The summed E-state index contributed by atoms with van der Waals surface area (Å²) >= 11 is 0. The van der Waals surface area contributed by atoms with Crippen LogP contribution in [-0.2, 0) is 0 Å². The third-order valence-electron chi connectivity index (χ3n) is 3.48. The van der Waals surface area contributed by atoms with E-state index in [1.807, 2.05) is 6.92 Å². The summed E-state index contributed by atoms with van der Waals surface area (Å²) in [5.74, 6) is 0. The number of nitro groups is 1. The highest BCUT2D eigenvalue weighted by Gasteiger charge is 2.25.